The lowest BCUT2D eigenvalue weighted by Gasteiger charge is -2.29. The average Bonchev–Trinajstić information content (AvgIpc) is 3.05. The summed E-state index contributed by atoms with van der Waals surface area (Å²) in [6, 6.07) is 9.42. The molecule has 15 heavy (non-hydrogen) atoms. The third-order valence-corrected chi connectivity index (χ3v) is 3.15. The van der Waals surface area contributed by atoms with Gasteiger partial charge in [-0.1, -0.05) is 30.3 Å². The lowest BCUT2D eigenvalue weighted by molar-refractivity contribution is -0.146. The van der Waals surface area contributed by atoms with Crippen molar-refractivity contribution < 1.29 is 9.90 Å². The van der Waals surface area contributed by atoms with Crippen LogP contribution in [-0.2, 0) is 10.3 Å². The van der Waals surface area contributed by atoms with E-state index >= 15 is 0 Å². The van der Waals surface area contributed by atoms with Gasteiger partial charge in [0.1, 0.15) is 5.54 Å². The van der Waals surface area contributed by atoms with Crippen LogP contribution in [0, 0.1) is 5.92 Å². The molecule has 1 aromatic rings. The maximum absolute atomic E-state index is 11.5. The summed E-state index contributed by atoms with van der Waals surface area (Å²) in [5, 5.41) is 12.4. The van der Waals surface area contributed by atoms with Gasteiger partial charge in [0.15, 0.2) is 0 Å². The average molecular weight is 205 g/mol. The lowest BCUT2D eigenvalue weighted by atomic mass is 9.85. The van der Waals surface area contributed by atoms with Gasteiger partial charge in [-0.25, -0.2) is 4.79 Å². The molecular formula is C12H15NO2. The van der Waals surface area contributed by atoms with E-state index < -0.39 is 11.5 Å². The van der Waals surface area contributed by atoms with E-state index in [-0.39, 0.29) is 5.92 Å². The molecule has 3 heteroatoms. The summed E-state index contributed by atoms with van der Waals surface area (Å²) >= 11 is 0. The van der Waals surface area contributed by atoms with Gasteiger partial charge in [-0.15, -0.1) is 0 Å². The second-order valence-electron chi connectivity index (χ2n) is 4.00. The molecule has 0 aliphatic heterocycles. The Labute approximate surface area is 89.1 Å². The van der Waals surface area contributed by atoms with E-state index in [9.17, 15) is 9.90 Å². The first kappa shape index (κ1) is 10.2. The highest BCUT2D eigenvalue weighted by Gasteiger charge is 2.51. The molecule has 0 spiro atoms. The maximum atomic E-state index is 11.5. The van der Waals surface area contributed by atoms with Crippen molar-refractivity contribution in [1.82, 2.24) is 5.32 Å². The summed E-state index contributed by atoms with van der Waals surface area (Å²) in [6.45, 7) is 0. The standard InChI is InChI=1S/C12H15NO2/c1-13-12(11(14)15,10-7-8-10)9-5-3-2-4-6-9/h2-6,10,13H,7-8H2,1H3,(H,14,15). The van der Waals surface area contributed by atoms with Crippen molar-refractivity contribution in [2.75, 3.05) is 7.05 Å². The number of carboxylic acid groups (broad SMARTS) is 1. The normalized spacial score (nSPS) is 19.5. The SMILES string of the molecule is CNC(C(=O)O)(c1ccccc1)C1CC1. The van der Waals surface area contributed by atoms with E-state index in [0.29, 0.717) is 0 Å². The fourth-order valence-electron chi connectivity index (χ4n) is 2.21. The number of aliphatic carboxylic acids is 1. The first-order chi connectivity index (χ1) is 7.21. The molecule has 1 aliphatic rings. The van der Waals surface area contributed by atoms with Crippen LogP contribution in [0.5, 0.6) is 0 Å². The minimum Gasteiger partial charge on any atom is -0.480 e. The Morgan fingerprint density at radius 1 is 1.40 bits per heavy atom. The fraction of sp³-hybridized carbons (Fsp3) is 0.417. The third-order valence-electron chi connectivity index (χ3n) is 3.15. The minimum atomic E-state index is -0.888. The molecule has 1 aliphatic carbocycles. The number of nitrogens with one attached hydrogen (secondary N) is 1. The first-order valence-corrected chi connectivity index (χ1v) is 5.19. The third kappa shape index (κ3) is 1.53. The highest BCUT2D eigenvalue weighted by molar-refractivity contribution is 5.81. The summed E-state index contributed by atoms with van der Waals surface area (Å²) in [6.07, 6.45) is 1.98. The van der Waals surface area contributed by atoms with E-state index in [1.165, 1.54) is 0 Å². The Morgan fingerprint density at radius 3 is 2.40 bits per heavy atom. The van der Waals surface area contributed by atoms with Gasteiger partial charge in [-0.05, 0) is 31.4 Å². The predicted octanol–water partition coefficient (Wildman–Crippen LogP) is 1.60. The molecule has 0 bridgehead atoms. The number of benzene rings is 1. The largest absolute Gasteiger partial charge is 0.480 e. The zero-order valence-corrected chi connectivity index (χ0v) is 8.73. The molecule has 0 saturated heterocycles. The van der Waals surface area contributed by atoms with E-state index in [1.54, 1.807) is 7.05 Å². The molecule has 0 radical (unpaired) electrons. The van der Waals surface area contributed by atoms with Crippen LogP contribution in [0.3, 0.4) is 0 Å². The van der Waals surface area contributed by atoms with Gasteiger partial charge < -0.3 is 10.4 Å². The Kier molecular flexibility index (Phi) is 2.49. The predicted molar refractivity (Wildman–Crippen MR) is 57.5 cm³/mol. The molecule has 0 heterocycles. The second-order valence-corrected chi connectivity index (χ2v) is 4.00. The van der Waals surface area contributed by atoms with Gasteiger partial charge in [0, 0.05) is 0 Å². The first-order valence-electron chi connectivity index (χ1n) is 5.19. The van der Waals surface area contributed by atoms with Crippen molar-refractivity contribution in [3.8, 4) is 0 Å². The van der Waals surface area contributed by atoms with E-state index in [0.717, 1.165) is 18.4 Å². The molecule has 3 nitrogen and oxygen atoms in total. The zero-order valence-electron chi connectivity index (χ0n) is 8.73. The van der Waals surface area contributed by atoms with Crippen LogP contribution < -0.4 is 5.32 Å². The smallest absolute Gasteiger partial charge is 0.328 e. The number of carbonyl (C=O) groups is 1. The van der Waals surface area contributed by atoms with Gasteiger partial charge in [0.05, 0.1) is 0 Å². The van der Waals surface area contributed by atoms with Crippen molar-refractivity contribution in [1.29, 1.82) is 0 Å². The molecular weight excluding hydrogens is 190 g/mol. The van der Waals surface area contributed by atoms with Crippen molar-refractivity contribution in [2.24, 2.45) is 5.92 Å². The van der Waals surface area contributed by atoms with Crippen molar-refractivity contribution in [3.63, 3.8) is 0 Å². The number of rotatable bonds is 4. The Balaban J connectivity index is 2.45. The summed E-state index contributed by atoms with van der Waals surface area (Å²) in [5.74, 6) is -0.555. The summed E-state index contributed by atoms with van der Waals surface area (Å²) in [5.41, 5.74) is -0.0381. The van der Waals surface area contributed by atoms with Crippen molar-refractivity contribution in [3.05, 3.63) is 35.9 Å². The highest BCUT2D eigenvalue weighted by Crippen LogP contribution is 2.45. The van der Waals surface area contributed by atoms with Crippen LogP contribution in [0.25, 0.3) is 0 Å². The van der Waals surface area contributed by atoms with Crippen LogP contribution in [0.1, 0.15) is 18.4 Å². The van der Waals surface area contributed by atoms with Crippen LogP contribution in [-0.4, -0.2) is 18.1 Å². The van der Waals surface area contributed by atoms with E-state index in [2.05, 4.69) is 5.32 Å². The van der Waals surface area contributed by atoms with Gasteiger partial charge in [0.2, 0.25) is 0 Å². The molecule has 0 amide bonds. The number of hydrogen-bond donors (Lipinski definition) is 2. The zero-order chi connectivity index (χ0) is 10.9. The topological polar surface area (TPSA) is 49.3 Å². The lowest BCUT2D eigenvalue weighted by Crippen LogP contribution is -2.49. The van der Waals surface area contributed by atoms with Gasteiger partial charge >= 0.3 is 5.97 Å². The highest BCUT2D eigenvalue weighted by atomic mass is 16.4. The summed E-state index contributed by atoms with van der Waals surface area (Å²) < 4.78 is 0. The van der Waals surface area contributed by atoms with Gasteiger partial charge in [-0.3, -0.25) is 0 Å². The van der Waals surface area contributed by atoms with Crippen LogP contribution in [0.15, 0.2) is 30.3 Å². The van der Waals surface area contributed by atoms with Crippen molar-refractivity contribution >= 4 is 5.97 Å². The molecule has 80 valence electrons. The summed E-state index contributed by atoms with van der Waals surface area (Å²) in [4.78, 5) is 11.5. The van der Waals surface area contributed by atoms with Gasteiger partial charge in [-0.2, -0.15) is 0 Å². The van der Waals surface area contributed by atoms with Crippen LogP contribution in [0.2, 0.25) is 0 Å². The number of hydrogen-bond acceptors (Lipinski definition) is 2. The number of carboxylic acids is 1. The minimum absolute atomic E-state index is 0.224. The molecule has 1 unspecified atom stereocenters. The molecule has 1 aromatic carbocycles. The van der Waals surface area contributed by atoms with E-state index in [1.807, 2.05) is 30.3 Å². The molecule has 2 rings (SSSR count). The van der Waals surface area contributed by atoms with Crippen LogP contribution in [0.4, 0.5) is 0 Å². The monoisotopic (exact) mass is 205 g/mol. The maximum Gasteiger partial charge on any atom is 0.328 e. The number of likely N-dealkylation sites (N-methyl/N-ethyl adjacent to an activating group) is 1. The Hall–Kier alpha value is -1.35. The van der Waals surface area contributed by atoms with Crippen molar-refractivity contribution in [2.45, 2.75) is 18.4 Å². The fourth-order valence-corrected chi connectivity index (χ4v) is 2.21. The molecule has 1 atom stereocenters. The molecule has 2 N–H and O–H groups in total. The summed E-state index contributed by atoms with van der Waals surface area (Å²) in [7, 11) is 1.72. The molecule has 0 aromatic heterocycles. The van der Waals surface area contributed by atoms with E-state index in [4.69, 9.17) is 0 Å². The quantitative estimate of drug-likeness (QED) is 0.785. The Morgan fingerprint density at radius 2 is 2.00 bits per heavy atom. The van der Waals surface area contributed by atoms with Crippen LogP contribution >= 0.6 is 0 Å². The van der Waals surface area contributed by atoms with Gasteiger partial charge in [0.25, 0.3) is 0 Å². The molecule has 1 saturated carbocycles. The Bertz CT molecular complexity index is 359. The molecule has 1 fully saturated rings. The second kappa shape index (κ2) is 3.66.